The molecule has 0 aromatic heterocycles. The SMILES string of the molecule is CC(C)Cc1ccc(C(C)C(=O)N2N=C(c3ccccc3)CC2c2ccc(Cl)cc2)cc1. The van der Waals surface area contributed by atoms with Crippen molar-refractivity contribution in [2.45, 2.75) is 45.6 Å². The predicted octanol–water partition coefficient (Wildman–Crippen LogP) is 7.02. The monoisotopic (exact) mass is 444 g/mol. The Kier molecular flexibility index (Phi) is 6.76. The number of carbonyl (C=O) groups excluding carboxylic acids is 1. The van der Waals surface area contributed by atoms with Gasteiger partial charge in [-0.05, 0) is 53.6 Å². The fraction of sp³-hybridized carbons (Fsp3) is 0.286. The number of nitrogens with zero attached hydrogens (tertiary/aromatic N) is 2. The van der Waals surface area contributed by atoms with Crippen LogP contribution in [0.25, 0.3) is 0 Å². The van der Waals surface area contributed by atoms with Crippen LogP contribution < -0.4 is 0 Å². The van der Waals surface area contributed by atoms with Gasteiger partial charge in [-0.2, -0.15) is 5.10 Å². The summed E-state index contributed by atoms with van der Waals surface area (Å²) in [5, 5.41) is 7.17. The second-order valence-electron chi connectivity index (χ2n) is 8.93. The zero-order valence-corrected chi connectivity index (χ0v) is 19.6. The van der Waals surface area contributed by atoms with E-state index < -0.39 is 0 Å². The second kappa shape index (κ2) is 9.70. The van der Waals surface area contributed by atoms with E-state index in [-0.39, 0.29) is 17.9 Å². The maximum Gasteiger partial charge on any atom is 0.250 e. The van der Waals surface area contributed by atoms with Crippen LogP contribution in [0.5, 0.6) is 0 Å². The lowest BCUT2D eigenvalue weighted by molar-refractivity contribution is -0.134. The van der Waals surface area contributed by atoms with Gasteiger partial charge in [0.15, 0.2) is 0 Å². The van der Waals surface area contributed by atoms with Crippen molar-refractivity contribution in [3.63, 3.8) is 0 Å². The third-order valence-corrected chi connectivity index (χ3v) is 6.24. The van der Waals surface area contributed by atoms with Crippen LogP contribution in [0.2, 0.25) is 5.02 Å². The highest BCUT2D eigenvalue weighted by Gasteiger charge is 2.35. The van der Waals surface area contributed by atoms with Gasteiger partial charge in [0.1, 0.15) is 0 Å². The quantitative estimate of drug-likeness (QED) is 0.402. The van der Waals surface area contributed by atoms with E-state index in [2.05, 4.69) is 38.1 Å². The first kappa shape index (κ1) is 22.3. The molecule has 2 atom stereocenters. The van der Waals surface area contributed by atoms with Crippen molar-refractivity contribution >= 4 is 23.2 Å². The molecule has 1 heterocycles. The highest BCUT2D eigenvalue weighted by Crippen LogP contribution is 2.35. The fourth-order valence-electron chi connectivity index (χ4n) is 4.22. The van der Waals surface area contributed by atoms with Crippen molar-refractivity contribution in [1.29, 1.82) is 0 Å². The average molecular weight is 445 g/mol. The first-order valence-corrected chi connectivity index (χ1v) is 11.6. The van der Waals surface area contributed by atoms with Crippen LogP contribution in [0, 0.1) is 5.92 Å². The number of hydrogen-bond donors (Lipinski definition) is 0. The molecule has 32 heavy (non-hydrogen) atoms. The number of rotatable bonds is 6. The number of halogens is 1. The molecule has 0 saturated heterocycles. The molecule has 0 fully saturated rings. The van der Waals surface area contributed by atoms with Gasteiger partial charge >= 0.3 is 0 Å². The first-order valence-electron chi connectivity index (χ1n) is 11.2. The summed E-state index contributed by atoms with van der Waals surface area (Å²) in [6, 6.07) is 26.1. The third kappa shape index (κ3) is 4.94. The van der Waals surface area contributed by atoms with Gasteiger partial charge in [0, 0.05) is 11.4 Å². The molecule has 0 radical (unpaired) electrons. The standard InChI is InChI=1S/C28H29ClN2O/c1-19(2)17-21-9-11-22(12-10-21)20(3)28(32)31-27(24-13-15-25(29)16-14-24)18-26(30-31)23-7-5-4-6-8-23/h4-16,19-20,27H,17-18H2,1-3H3. The van der Waals surface area contributed by atoms with Crippen molar-refractivity contribution < 1.29 is 4.79 Å². The van der Waals surface area contributed by atoms with E-state index in [0.29, 0.717) is 17.4 Å². The summed E-state index contributed by atoms with van der Waals surface area (Å²) in [6.07, 6.45) is 1.72. The molecule has 0 bridgehead atoms. The molecule has 0 saturated carbocycles. The minimum Gasteiger partial charge on any atom is -0.272 e. The zero-order valence-electron chi connectivity index (χ0n) is 18.8. The van der Waals surface area contributed by atoms with Crippen LogP contribution in [-0.2, 0) is 11.2 Å². The number of hydrazone groups is 1. The fourth-order valence-corrected chi connectivity index (χ4v) is 4.34. The van der Waals surface area contributed by atoms with Crippen LogP contribution in [0.15, 0.2) is 84.0 Å². The van der Waals surface area contributed by atoms with Crippen molar-refractivity contribution in [3.05, 3.63) is 106 Å². The van der Waals surface area contributed by atoms with E-state index in [4.69, 9.17) is 16.7 Å². The minimum absolute atomic E-state index is 0.00694. The number of amides is 1. The molecule has 3 nitrogen and oxygen atoms in total. The molecule has 0 spiro atoms. The third-order valence-electron chi connectivity index (χ3n) is 5.99. The van der Waals surface area contributed by atoms with Crippen LogP contribution in [-0.4, -0.2) is 16.6 Å². The maximum atomic E-state index is 13.6. The molecule has 4 rings (SSSR count). The Balaban J connectivity index is 1.62. The molecule has 1 amide bonds. The molecule has 2 unspecified atom stereocenters. The zero-order chi connectivity index (χ0) is 22.7. The normalized spacial score (nSPS) is 16.8. The van der Waals surface area contributed by atoms with E-state index >= 15 is 0 Å². The minimum atomic E-state index is -0.281. The largest absolute Gasteiger partial charge is 0.272 e. The van der Waals surface area contributed by atoms with Crippen LogP contribution in [0.4, 0.5) is 0 Å². The van der Waals surface area contributed by atoms with Crippen molar-refractivity contribution in [1.82, 2.24) is 5.01 Å². The summed E-state index contributed by atoms with van der Waals surface area (Å²) < 4.78 is 0. The summed E-state index contributed by atoms with van der Waals surface area (Å²) >= 11 is 6.11. The number of hydrogen-bond acceptors (Lipinski definition) is 2. The highest BCUT2D eigenvalue weighted by atomic mass is 35.5. The second-order valence-corrected chi connectivity index (χ2v) is 9.36. The van der Waals surface area contributed by atoms with E-state index in [9.17, 15) is 4.79 Å². The highest BCUT2D eigenvalue weighted by molar-refractivity contribution is 6.30. The molecule has 4 heteroatoms. The summed E-state index contributed by atoms with van der Waals surface area (Å²) in [5.41, 5.74) is 5.33. The van der Waals surface area contributed by atoms with E-state index in [1.165, 1.54) is 5.56 Å². The summed E-state index contributed by atoms with van der Waals surface area (Å²) in [5.74, 6) is 0.333. The lowest BCUT2D eigenvalue weighted by Crippen LogP contribution is -2.30. The van der Waals surface area contributed by atoms with Crippen LogP contribution in [0.3, 0.4) is 0 Å². The Labute approximate surface area is 195 Å². The molecule has 1 aliphatic heterocycles. The predicted molar refractivity (Wildman–Crippen MR) is 132 cm³/mol. The van der Waals surface area contributed by atoms with Crippen LogP contribution >= 0.6 is 11.6 Å². The molecular formula is C28H29ClN2O. The topological polar surface area (TPSA) is 32.7 Å². The smallest absolute Gasteiger partial charge is 0.250 e. The summed E-state index contributed by atoms with van der Waals surface area (Å²) in [7, 11) is 0. The molecule has 1 aliphatic rings. The molecule has 3 aromatic rings. The van der Waals surface area contributed by atoms with Gasteiger partial charge in [0.05, 0.1) is 17.7 Å². The first-order chi connectivity index (χ1) is 15.4. The van der Waals surface area contributed by atoms with Crippen molar-refractivity contribution in [2.24, 2.45) is 11.0 Å². The van der Waals surface area contributed by atoms with Gasteiger partial charge in [-0.15, -0.1) is 0 Å². The van der Waals surface area contributed by atoms with Gasteiger partial charge in [0.25, 0.3) is 5.91 Å². The van der Waals surface area contributed by atoms with E-state index in [1.54, 1.807) is 5.01 Å². The molecule has 0 N–H and O–H groups in total. The number of benzene rings is 3. The van der Waals surface area contributed by atoms with Crippen molar-refractivity contribution in [2.75, 3.05) is 0 Å². The Morgan fingerprint density at radius 2 is 1.62 bits per heavy atom. The van der Waals surface area contributed by atoms with Crippen molar-refractivity contribution in [3.8, 4) is 0 Å². The molecule has 3 aromatic carbocycles. The lowest BCUT2D eigenvalue weighted by Gasteiger charge is -2.25. The van der Waals surface area contributed by atoms with Gasteiger partial charge < -0.3 is 0 Å². The Morgan fingerprint density at radius 1 is 0.969 bits per heavy atom. The molecule has 164 valence electrons. The molecular weight excluding hydrogens is 416 g/mol. The number of carbonyl (C=O) groups is 1. The van der Waals surface area contributed by atoms with Gasteiger partial charge in [0.2, 0.25) is 0 Å². The van der Waals surface area contributed by atoms with E-state index in [1.807, 2.05) is 61.5 Å². The Hall–Kier alpha value is -2.91. The average Bonchev–Trinajstić information content (AvgIpc) is 3.25. The van der Waals surface area contributed by atoms with E-state index in [0.717, 1.165) is 28.8 Å². The maximum absolute atomic E-state index is 13.6. The van der Waals surface area contributed by atoms with Gasteiger partial charge in [-0.1, -0.05) is 92.2 Å². The van der Waals surface area contributed by atoms with Gasteiger partial charge in [-0.25, -0.2) is 5.01 Å². The molecule has 0 aliphatic carbocycles. The Morgan fingerprint density at radius 3 is 2.25 bits per heavy atom. The van der Waals surface area contributed by atoms with Crippen LogP contribution in [0.1, 0.15) is 61.4 Å². The summed E-state index contributed by atoms with van der Waals surface area (Å²) in [6.45, 7) is 6.40. The van der Waals surface area contributed by atoms with Gasteiger partial charge in [-0.3, -0.25) is 4.79 Å². The Bertz CT molecular complexity index is 1090. The lowest BCUT2D eigenvalue weighted by atomic mass is 9.94. The summed E-state index contributed by atoms with van der Waals surface area (Å²) in [4.78, 5) is 13.6.